The molecule has 0 spiro atoms. The van der Waals surface area contributed by atoms with Crippen molar-refractivity contribution in [3.63, 3.8) is 0 Å². The molecular weight excluding hydrogens is 222 g/mol. The first-order valence-electron chi connectivity index (χ1n) is 7.02. The maximum Gasteiger partial charge on any atom is 0.0741 e. The fourth-order valence-corrected chi connectivity index (χ4v) is 2.56. The Kier molecular flexibility index (Phi) is 3.96. The number of hydrogen-bond donors (Lipinski definition) is 2. The molecule has 1 aliphatic rings. The molecule has 2 atom stereocenters. The number of anilines is 1. The molecule has 0 bridgehead atoms. The number of rotatable bonds is 2. The first-order valence-corrected chi connectivity index (χ1v) is 7.02. The first-order chi connectivity index (χ1) is 8.47. The van der Waals surface area contributed by atoms with Crippen molar-refractivity contribution >= 4 is 5.69 Å². The monoisotopic (exact) mass is 247 g/mol. The predicted octanol–water partition coefficient (Wildman–Crippen LogP) is 3.70. The summed E-state index contributed by atoms with van der Waals surface area (Å²) in [6.45, 7) is 6.67. The molecule has 1 saturated carbocycles. The van der Waals surface area contributed by atoms with E-state index in [2.05, 4.69) is 50.4 Å². The smallest absolute Gasteiger partial charge is 0.0741 e. The fourth-order valence-electron chi connectivity index (χ4n) is 2.56. The summed E-state index contributed by atoms with van der Waals surface area (Å²) in [5, 5.41) is 13.4. The molecule has 0 aliphatic heterocycles. The average molecular weight is 247 g/mol. The quantitative estimate of drug-likeness (QED) is 0.835. The lowest BCUT2D eigenvalue weighted by Gasteiger charge is -2.29. The van der Waals surface area contributed by atoms with E-state index in [9.17, 15) is 5.11 Å². The Hall–Kier alpha value is -1.02. The maximum atomic E-state index is 9.95. The molecule has 0 saturated heterocycles. The lowest BCUT2D eigenvalue weighted by molar-refractivity contribution is 0.116. The average Bonchev–Trinajstić information content (AvgIpc) is 2.32. The Morgan fingerprint density at radius 1 is 1.06 bits per heavy atom. The Balaban J connectivity index is 2.02. The van der Waals surface area contributed by atoms with Gasteiger partial charge in [-0.3, -0.25) is 0 Å². The third kappa shape index (κ3) is 3.26. The molecule has 0 radical (unpaired) electrons. The van der Waals surface area contributed by atoms with Gasteiger partial charge in [-0.1, -0.05) is 45.7 Å². The van der Waals surface area contributed by atoms with Crippen LogP contribution in [0.15, 0.2) is 24.3 Å². The van der Waals surface area contributed by atoms with Crippen molar-refractivity contribution in [3.8, 4) is 0 Å². The first kappa shape index (κ1) is 13.4. The van der Waals surface area contributed by atoms with Gasteiger partial charge in [-0.2, -0.15) is 0 Å². The van der Waals surface area contributed by atoms with Gasteiger partial charge in [-0.15, -0.1) is 0 Å². The third-order valence-electron chi connectivity index (χ3n) is 3.83. The van der Waals surface area contributed by atoms with Crippen molar-refractivity contribution < 1.29 is 5.11 Å². The molecule has 18 heavy (non-hydrogen) atoms. The van der Waals surface area contributed by atoms with Crippen molar-refractivity contribution in [2.24, 2.45) is 0 Å². The molecule has 1 aliphatic carbocycles. The van der Waals surface area contributed by atoms with Crippen LogP contribution < -0.4 is 5.32 Å². The molecule has 1 aromatic carbocycles. The van der Waals surface area contributed by atoms with Gasteiger partial charge in [-0.25, -0.2) is 0 Å². The molecule has 0 heterocycles. The minimum atomic E-state index is -0.193. The van der Waals surface area contributed by atoms with Gasteiger partial charge < -0.3 is 10.4 Å². The van der Waals surface area contributed by atoms with Crippen LogP contribution in [0.1, 0.15) is 52.0 Å². The fraction of sp³-hybridized carbons (Fsp3) is 0.625. The van der Waals surface area contributed by atoms with Crippen LogP contribution in [-0.2, 0) is 5.41 Å². The zero-order chi connectivity index (χ0) is 13.2. The van der Waals surface area contributed by atoms with E-state index in [4.69, 9.17) is 0 Å². The standard InChI is InChI=1S/C16H25NO/c1-16(2,3)12-8-10-13(11-9-12)17-14-6-4-5-7-15(14)18/h8-11,14-15,17-18H,4-7H2,1-3H3/t14-,15-/m1/s1. The summed E-state index contributed by atoms with van der Waals surface area (Å²) in [5.74, 6) is 0. The van der Waals surface area contributed by atoms with E-state index in [1.54, 1.807) is 0 Å². The molecule has 2 N–H and O–H groups in total. The second-order valence-corrected chi connectivity index (χ2v) is 6.43. The van der Waals surface area contributed by atoms with Gasteiger partial charge in [0, 0.05) is 5.69 Å². The summed E-state index contributed by atoms with van der Waals surface area (Å²) in [4.78, 5) is 0. The highest BCUT2D eigenvalue weighted by atomic mass is 16.3. The van der Waals surface area contributed by atoms with E-state index in [1.165, 1.54) is 12.0 Å². The zero-order valence-corrected chi connectivity index (χ0v) is 11.7. The topological polar surface area (TPSA) is 32.3 Å². The summed E-state index contributed by atoms with van der Waals surface area (Å²) in [6, 6.07) is 8.83. The lowest BCUT2D eigenvalue weighted by atomic mass is 9.87. The molecule has 1 fully saturated rings. The van der Waals surface area contributed by atoms with E-state index in [1.807, 2.05) is 0 Å². The van der Waals surface area contributed by atoms with Gasteiger partial charge >= 0.3 is 0 Å². The van der Waals surface area contributed by atoms with E-state index in [-0.39, 0.29) is 17.6 Å². The highest BCUT2D eigenvalue weighted by molar-refractivity contribution is 5.46. The summed E-state index contributed by atoms with van der Waals surface area (Å²) in [7, 11) is 0. The molecule has 2 rings (SSSR count). The van der Waals surface area contributed by atoms with Crippen LogP contribution in [-0.4, -0.2) is 17.3 Å². The number of aliphatic hydroxyl groups is 1. The normalized spacial score (nSPS) is 24.9. The van der Waals surface area contributed by atoms with E-state index in [0.29, 0.717) is 0 Å². The minimum absolute atomic E-state index is 0.193. The molecule has 100 valence electrons. The van der Waals surface area contributed by atoms with Crippen molar-refractivity contribution in [1.29, 1.82) is 0 Å². The molecular formula is C16H25NO. The number of aliphatic hydroxyl groups excluding tert-OH is 1. The number of nitrogens with one attached hydrogen (secondary N) is 1. The Labute approximate surface area is 110 Å². The zero-order valence-electron chi connectivity index (χ0n) is 11.7. The van der Waals surface area contributed by atoms with Crippen LogP contribution in [0.4, 0.5) is 5.69 Å². The summed E-state index contributed by atoms with van der Waals surface area (Å²) < 4.78 is 0. The van der Waals surface area contributed by atoms with E-state index in [0.717, 1.165) is 24.9 Å². The van der Waals surface area contributed by atoms with E-state index < -0.39 is 0 Å². The Bertz CT molecular complexity index is 377. The molecule has 0 aromatic heterocycles. The van der Waals surface area contributed by atoms with E-state index >= 15 is 0 Å². The number of hydrogen-bond acceptors (Lipinski definition) is 2. The van der Waals surface area contributed by atoms with Crippen LogP contribution in [0.3, 0.4) is 0 Å². The molecule has 0 unspecified atom stereocenters. The Morgan fingerprint density at radius 3 is 2.22 bits per heavy atom. The number of benzene rings is 1. The van der Waals surface area contributed by atoms with Crippen molar-refractivity contribution in [3.05, 3.63) is 29.8 Å². The third-order valence-corrected chi connectivity index (χ3v) is 3.83. The van der Waals surface area contributed by atoms with Gasteiger partial charge in [0.2, 0.25) is 0 Å². The summed E-state index contributed by atoms with van der Waals surface area (Å²) in [5.41, 5.74) is 2.66. The van der Waals surface area contributed by atoms with Crippen LogP contribution in [0.2, 0.25) is 0 Å². The molecule has 2 heteroatoms. The summed E-state index contributed by atoms with van der Waals surface area (Å²) in [6.07, 6.45) is 4.18. The molecule has 0 amide bonds. The summed E-state index contributed by atoms with van der Waals surface area (Å²) >= 11 is 0. The predicted molar refractivity (Wildman–Crippen MR) is 77.0 cm³/mol. The van der Waals surface area contributed by atoms with Crippen LogP contribution in [0, 0.1) is 0 Å². The minimum Gasteiger partial charge on any atom is -0.391 e. The van der Waals surface area contributed by atoms with Crippen LogP contribution in [0.5, 0.6) is 0 Å². The van der Waals surface area contributed by atoms with Gasteiger partial charge in [0.05, 0.1) is 12.1 Å². The second kappa shape index (κ2) is 5.31. The highest BCUT2D eigenvalue weighted by Crippen LogP contribution is 2.26. The SMILES string of the molecule is CC(C)(C)c1ccc(N[C@@H]2CCCC[C@H]2O)cc1. The Morgan fingerprint density at radius 2 is 1.67 bits per heavy atom. The molecule has 2 nitrogen and oxygen atoms in total. The van der Waals surface area contributed by atoms with Gasteiger partial charge in [0.15, 0.2) is 0 Å². The maximum absolute atomic E-state index is 9.95. The van der Waals surface area contributed by atoms with Crippen molar-refractivity contribution in [2.75, 3.05) is 5.32 Å². The van der Waals surface area contributed by atoms with Crippen molar-refractivity contribution in [1.82, 2.24) is 0 Å². The van der Waals surface area contributed by atoms with Crippen LogP contribution >= 0.6 is 0 Å². The van der Waals surface area contributed by atoms with Gasteiger partial charge in [0.1, 0.15) is 0 Å². The molecule has 1 aromatic rings. The van der Waals surface area contributed by atoms with Crippen LogP contribution in [0.25, 0.3) is 0 Å². The van der Waals surface area contributed by atoms with Crippen molar-refractivity contribution in [2.45, 2.75) is 64.0 Å². The van der Waals surface area contributed by atoms with Gasteiger partial charge in [-0.05, 0) is 36.0 Å². The van der Waals surface area contributed by atoms with Gasteiger partial charge in [0.25, 0.3) is 0 Å². The lowest BCUT2D eigenvalue weighted by Crippen LogP contribution is -2.36. The largest absolute Gasteiger partial charge is 0.391 e. The second-order valence-electron chi connectivity index (χ2n) is 6.43. The highest BCUT2D eigenvalue weighted by Gasteiger charge is 2.22.